The Labute approximate surface area is 203 Å². The van der Waals surface area contributed by atoms with Gasteiger partial charge in [0.05, 0.1) is 6.10 Å². The Morgan fingerprint density at radius 3 is 2.25 bits per heavy atom. The predicted octanol–water partition coefficient (Wildman–Crippen LogP) is 2.46. The topological polar surface area (TPSA) is 196 Å². The molecule has 1 heterocycles. The molecule has 0 unspecified atom stereocenters. The van der Waals surface area contributed by atoms with Gasteiger partial charge in [0.1, 0.15) is 28.1 Å². The summed E-state index contributed by atoms with van der Waals surface area (Å²) in [7, 11) is 0. The standard InChI is InChI=1S/C24H25NO11/c1-10(26)18(25-23(33)36-24(2,3)4)22(32)35-21-19(31)17-15(30)8-12(27)9-16(17)34-20(21)11-5-6-13(28)14(29)7-11/h5-10,18,26-30H,1-4H3,(H,25,33)/t10-,18+/m0/s1. The Kier molecular flexibility index (Phi) is 7.02. The van der Waals surface area contributed by atoms with E-state index in [-0.39, 0.29) is 11.1 Å². The highest BCUT2D eigenvalue weighted by molar-refractivity contribution is 5.90. The highest BCUT2D eigenvalue weighted by Gasteiger charge is 2.32. The van der Waals surface area contributed by atoms with Gasteiger partial charge in [0, 0.05) is 17.7 Å². The number of nitrogens with one attached hydrogen (secondary N) is 1. The van der Waals surface area contributed by atoms with Crippen LogP contribution in [-0.4, -0.2) is 55.3 Å². The number of benzene rings is 2. The Morgan fingerprint density at radius 1 is 1.00 bits per heavy atom. The van der Waals surface area contributed by atoms with Gasteiger partial charge >= 0.3 is 12.1 Å². The fourth-order valence-corrected chi connectivity index (χ4v) is 3.19. The molecule has 2 aromatic carbocycles. The first-order valence-corrected chi connectivity index (χ1v) is 10.6. The van der Waals surface area contributed by atoms with Crippen LogP contribution in [0.4, 0.5) is 4.79 Å². The minimum Gasteiger partial charge on any atom is -0.508 e. The van der Waals surface area contributed by atoms with Crippen LogP contribution in [0.1, 0.15) is 27.7 Å². The molecule has 12 heteroatoms. The van der Waals surface area contributed by atoms with Crippen LogP contribution < -0.4 is 15.5 Å². The number of phenolic OH excluding ortho intramolecular Hbond substituents is 4. The molecule has 3 rings (SSSR count). The highest BCUT2D eigenvalue weighted by Crippen LogP contribution is 2.38. The van der Waals surface area contributed by atoms with Crippen molar-refractivity contribution < 1.29 is 49.0 Å². The molecule has 36 heavy (non-hydrogen) atoms. The molecule has 0 fully saturated rings. The summed E-state index contributed by atoms with van der Waals surface area (Å²) >= 11 is 0. The summed E-state index contributed by atoms with van der Waals surface area (Å²) in [5, 5.41) is 51.4. The summed E-state index contributed by atoms with van der Waals surface area (Å²) in [6, 6.07) is 3.58. The number of carbonyl (C=O) groups is 2. The zero-order valence-electron chi connectivity index (χ0n) is 19.7. The molecule has 0 bridgehead atoms. The normalized spacial score (nSPS) is 13.1. The first-order valence-electron chi connectivity index (χ1n) is 10.6. The second kappa shape index (κ2) is 9.66. The van der Waals surface area contributed by atoms with Crippen molar-refractivity contribution in [3.8, 4) is 40.1 Å². The lowest BCUT2D eigenvalue weighted by Gasteiger charge is -2.24. The van der Waals surface area contributed by atoms with E-state index in [0.717, 1.165) is 24.3 Å². The van der Waals surface area contributed by atoms with E-state index in [2.05, 4.69) is 5.32 Å². The summed E-state index contributed by atoms with van der Waals surface area (Å²) in [5.74, 6) is -4.60. The fourth-order valence-electron chi connectivity index (χ4n) is 3.19. The number of hydrogen-bond acceptors (Lipinski definition) is 11. The van der Waals surface area contributed by atoms with Crippen molar-refractivity contribution in [3.63, 3.8) is 0 Å². The van der Waals surface area contributed by atoms with E-state index in [9.17, 15) is 39.9 Å². The number of amides is 1. The molecule has 1 aromatic heterocycles. The van der Waals surface area contributed by atoms with Gasteiger partial charge in [-0.3, -0.25) is 4.79 Å². The van der Waals surface area contributed by atoms with Gasteiger partial charge in [-0.15, -0.1) is 0 Å². The monoisotopic (exact) mass is 503 g/mol. The van der Waals surface area contributed by atoms with Crippen LogP contribution in [0.2, 0.25) is 0 Å². The molecule has 0 aliphatic heterocycles. The van der Waals surface area contributed by atoms with Gasteiger partial charge in [-0.05, 0) is 45.9 Å². The maximum atomic E-state index is 13.3. The van der Waals surface area contributed by atoms with E-state index in [1.165, 1.54) is 13.0 Å². The van der Waals surface area contributed by atoms with Crippen molar-refractivity contribution in [1.82, 2.24) is 5.32 Å². The number of esters is 1. The quantitative estimate of drug-likeness (QED) is 0.221. The van der Waals surface area contributed by atoms with Gasteiger partial charge in [-0.25, -0.2) is 9.59 Å². The van der Waals surface area contributed by atoms with E-state index >= 15 is 0 Å². The number of aliphatic hydroxyl groups excluding tert-OH is 1. The van der Waals surface area contributed by atoms with E-state index in [1.54, 1.807) is 20.8 Å². The zero-order valence-corrected chi connectivity index (χ0v) is 19.7. The van der Waals surface area contributed by atoms with Gasteiger partial charge in [0.25, 0.3) is 0 Å². The fraction of sp³-hybridized carbons (Fsp3) is 0.292. The zero-order chi connectivity index (χ0) is 26.9. The number of alkyl carbamates (subject to hydrolysis) is 1. The lowest BCUT2D eigenvalue weighted by atomic mass is 10.1. The third-order valence-electron chi connectivity index (χ3n) is 4.77. The van der Waals surface area contributed by atoms with Crippen molar-refractivity contribution in [2.45, 2.75) is 45.4 Å². The maximum Gasteiger partial charge on any atom is 0.408 e. The summed E-state index contributed by atoms with van der Waals surface area (Å²) < 4.78 is 16.0. The van der Waals surface area contributed by atoms with Gasteiger partial charge in [-0.2, -0.15) is 0 Å². The minimum atomic E-state index is -1.68. The lowest BCUT2D eigenvalue weighted by Crippen LogP contribution is -2.51. The molecule has 3 aromatic rings. The molecule has 0 aliphatic carbocycles. The van der Waals surface area contributed by atoms with Crippen LogP contribution in [0.25, 0.3) is 22.3 Å². The minimum absolute atomic E-state index is 0.0244. The lowest BCUT2D eigenvalue weighted by molar-refractivity contribution is -0.139. The number of phenols is 4. The second-order valence-electron chi connectivity index (χ2n) is 8.92. The third kappa shape index (κ3) is 5.61. The molecule has 192 valence electrons. The number of hydrogen-bond donors (Lipinski definition) is 6. The van der Waals surface area contributed by atoms with Crippen molar-refractivity contribution in [2.75, 3.05) is 0 Å². The predicted molar refractivity (Wildman–Crippen MR) is 125 cm³/mol. The summed E-state index contributed by atoms with van der Waals surface area (Å²) in [6.45, 7) is 5.96. The molecular formula is C24H25NO11. The first-order chi connectivity index (χ1) is 16.7. The largest absolute Gasteiger partial charge is 0.508 e. The van der Waals surface area contributed by atoms with Crippen molar-refractivity contribution in [1.29, 1.82) is 0 Å². The van der Waals surface area contributed by atoms with E-state index in [4.69, 9.17) is 13.9 Å². The average molecular weight is 503 g/mol. The Hall–Kier alpha value is -4.45. The molecule has 1 amide bonds. The molecule has 2 atom stereocenters. The highest BCUT2D eigenvalue weighted by atomic mass is 16.6. The molecule has 0 saturated heterocycles. The number of aromatic hydroxyl groups is 4. The van der Waals surface area contributed by atoms with Gasteiger partial charge in [0.2, 0.25) is 11.2 Å². The van der Waals surface area contributed by atoms with Crippen molar-refractivity contribution >= 4 is 23.0 Å². The number of fused-ring (bicyclic) bond motifs is 1. The van der Waals surface area contributed by atoms with E-state index in [1.807, 2.05) is 0 Å². The number of aliphatic hydroxyl groups is 1. The van der Waals surface area contributed by atoms with Crippen LogP contribution in [0.15, 0.2) is 39.5 Å². The Morgan fingerprint density at radius 2 is 1.67 bits per heavy atom. The van der Waals surface area contributed by atoms with Crippen LogP contribution in [0.3, 0.4) is 0 Å². The van der Waals surface area contributed by atoms with Crippen LogP contribution in [0, 0.1) is 0 Å². The summed E-state index contributed by atoms with van der Waals surface area (Å²) in [6.07, 6.45) is -2.52. The van der Waals surface area contributed by atoms with Crippen molar-refractivity contribution in [2.24, 2.45) is 0 Å². The second-order valence-corrected chi connectivity index (χ2v) is 8.92. The van der Waals surface area contributed by atoms with E-state index in [0.29, 0.717) is 0 Å². The van der Waals surface area contributed by atoms with Gasteiger partial charge in [-0.1, -0.05) is 0 Å². The third-order valence-corrected chi connectivity index (χ3v) is 4.77. The van der Waals surface area contributed by atoms with Crippen molar-refractivity contribution in [3.05, 3.63) is 40.6 Å². The smallest absolute Gasteiger partial charge is 0.408 e. The SMILES string of the molecule is C[C@H](O)[C@@H](NC(=O)OC(C)(C)C)C(=O)Oc1c(-c2ccc(O)c(O)c2)oc2cc(O)cc(O)c2c1=O. The van der Waals surface area contributed by atoms with E-state index < -0.39 is 75.1 Å². The van der Waals surface area contributed by atoms with Gasteiger partial charge in [0.15, 0.2) is 23.3 Å². The Balaban J connectivity index is 2.13. The van der Waals surface area contributed by atoms with Crippen LogP contribution in [-0.2, 0) is 9.53 Å². The summed E-state index contributed by atoms with van der Waals surface area (Å²) in [4.78, 5) is 38.4. The first kappa shape index (κ1) is 26.2. The average Bonchev–Trinajstić information content (AvgIpc) is 2.73. The number of rotatable bonds is 5. The molecule has 0 saturated carbocycles. The van der Waals surface area contributed by atoms with Crippen LogP contribution in [0.5, 0.6) is 28.7 Å². The maximum absolute atomic E-state index is 13.3. The molecule has 0 radical (unpaired) electrons. The molecule has 6 N–H and O–H groups in total. The number of ether oxygens (including phenoxy) is 2. The summed E-state index contributed by atoms with van der Waals surface area (Å²) in [5.41, 5.74) is -2.25. The molecule has 0 aliphatic rings. The van der Waals surface area contributed by atoms with Gasteiger partial charge < -0.3 is 44.7 Å². The van der Waals surface area contributed by atoms with Crippen LogP contribution >= 0.6 is 0 Å². The molecule has 0 spiro atoms. The molecular weight excluding hydrogens is 478 g/mol. The Bertz CT molecular complexity index is 1390. The number of carbonyl (C=O) groups excluding carboxylic acids is 2. The molecule has 12 nitrogen and oxygen atoms in total.